The summed E-state index contributed by atoms with van der Waals surface area (Å²) in [6.07, 6.45) is 1.39. The lowest BCUT2D eigenvalue weighted by Crippen LogP contribution is -2.50. The van der Waals surface area contributed by atoms with Crippen molar-refractivity contribution in [3.8, 4) is 0 Å². The number of amides is 1. The van der Waals surface area contributed by atoms with Gasteiger partial charge < -0.3 is 15.5 Å². The van der Waals surface area contributed by atoms with E-state index >= 15 is 0 Å². The van der Waals surface area contributed by atoms with Crippen LogP contribution in [0.15, 0.2) is 0 Å². The molecule has 1 rings (SSSR count). The van der Waals surface area contributed by atoms with Crippen molar-refractivity contribution in [1.29, 1.82) is 5.41 Å². The van der Waals surface area contributed by atoms with Crippen LogP contribution in [-0.4, -0.2) is 51.4 Å². The molecule has 1 saturated heterocycles. The van der Waals surface area contributed by atoms with Gasteiger partial charge in [0.25, 0.3) is 0 Å². The lowest BCUT2D eigenvalue weighted by atomic mass is 9.87. The van der Waals surface area contributed by atoms with E-state index in [0.29, 0.717) is 31.8 Å². The molecule has 0 aromatic carbocycles. The van der Waals surface area contributed by atoms with Crippen molar-refractivity contribution < 1.29 is 18.5 Å². The van der Waals surface area contributed by atoms with Crippen LogP contribution in [0.5, 0.6) is 0 Å². The molecule has 24 heavy (non-hydrogen) atoms. The van der Waals surface area contributed by atoms with Crippen molar-refractivity contribution >= 4 is 28.2 Å². The Hall–Kier alpha value is -1.08. The van der Waals surface area contributed by atoms with Gasteiger partial charge in [-0.1, -0.05) is 20.8 Å². The van der Waals surface area contributed by atoms with Crippen molar-refractivity contribution in [2.75, 3.05) is 19.8 Å². The van der Waals surface area contributed by atoms with Crippen LogP contribution in [0.4, 0.5) is 0 Å². The summed E-state index contributed by atoms with van der Waals surface area (Å²) >= 11 is 0. The third kappa shape index (κ3) is 5.77. The van der Waals surface area contributed by atoms with Crippen molar-refractivity contribution in [1.82, 2.24) is 5.32 Å². The van der Waals surface area contributed by atoms with Gasteiger partial charge in [0.1, 0.15) is 4.75 Å². The molecule has 2 N–H and O–H groups in total. The Kier molecular flexibility index (Phi) is 7.28. The van der Waals surface area contributed by atoms with E-state index in [1.165, 1.54) is 0 Å². The smallest absolute Gasteiger partial charge is 0.238 e. The highest BCUT2D eigenvalue weighted by Crippen LogP contribution is 2.24. The number of Topliss-reactive ketones (excluding diaryl/α,β-unsaturated/α-hetero) is 1. The van der Waals surface area contributed by atoms with Gasteiger partial charge in [-0.2, -0.15) is 0 Å². The molecular formula is C17H30N2O4S. The number of ether oxygens (including phenoxy) is 1. The number of hydrogen-bond acceptors (Lipinski definition) is 5. The number of hydrogen-bond donors (Lipinski definition) is 2. The van der Waals surface area contributed by atoms with E-state index in [1.807, 2.05) is 20.8 Å². The van der Waals surface area contributed by atoms with Crippen LogP contribution in [0.1, 0.15) is 53.9 Å². The van der Waals surface area contributed by atoms with E-state index in [9.17, 15) is 13.8 Å². The quantitative estimate of drug-likeness (QED) is 0.679. The maximum absolute atomic E-state index is 12.7. The van der Waals surface area contributed by atoms with Crippen LogP contribution in [0.3, 0.4) is 0 Å². The maximum Gasteiger partial charge on any atom is 0.238 e. The Labute approximate surface area is 147 Å². The topological polar surface area (TPSA) is 96.3 Å². The fraction of sp³-hybridized carbons (Fsp3) is 0.824. The summed E-state index contributed by atoms with van der Waals surface area (Å²) in [5.74, 6) is -0.598. The summed E-state index contributed by atoms with van der Waals surface area (Å²) in [7, 11) is -1.33. The van der Waals surface area contributed by atoms with Gasteiger partial charge in [0.2, 0.25) is 5.91 Å². The third-order valence-electron chi connectivity index (χ3n) is 4.25. The number of ketones is 1. The summed E-state index contributed by atoms with van der Waals surface area (Å²) in [5.41, 5.74) is -0.0180. The van der Waals surface area contributed by atoms with Crippen molar-refractivity contribution in [3.63, 3.8) is 0 Å². The van der Waals surface area contributed by atoms with Crippen LogP contribution in [0.25, 0.3) is 0 Å². The summed E-state index contributed by atoms with van der Waals surface area (Å²) in [6, 6.07) is 0. The van der Waals surface area contributed by atoms with Gasteiger partial charge in [-0.05, 0) is 32.1 Å². The molecule has 138 valence electrons. The summed E-state index contributed by atoms with van der Waals surface area (Å²) < 4.78 is 16.9. The van der Waals surface area contributed by atoms with E-state index < -0.39 is 15.5 Å². The molecule has 0 aromatic heterocycles. The number of nitrogens with one attached hydrogen (secondary N) is 2. The summed E-state index contributed by atoms with van der Waals surface area (Å²) in [5, 5.41) is 10.4. The monoisotopic (exact) mass is 358 g/mol. The molecule has 0 aliphatic carbocycles. The first-order valence-corrected chi connectivity index (χ1v) is 9.54. The van der Waals surface area contributed by atoms with Gasteiger partial charge in [-0.3, -0.25) is 13.8 Å². The molecule has 0 saturated carbocycles. The molecule has 1 heterocycles. The fourth-order valence-electron chi connectivity index (χ4n) is 2.31. The van der Waals surface area contributed by atoms with Crippen LogP contribution in [0, 0.1) is 10.8 Å². The minimum atomic E-state index is -1.33. The minimum absolute atomic E-state index is 0.0211. The van der Waals surface area contributed by atoms with Crippen LogP contribution in [-0.2, 0) is 25.1 Å². The largest absolute Gasteiger partial charge is 0.381 e. The van der Waals surface area contributed by atoms with E-state index in [4.69, 9.17) is 10.1 Å². The highest BCUT2D eigenvalue weighted by molar-refractivity contribution is 7.87. The fourth-order valence-corrected chi connectivity index (χ4v) is 4.02. The predicted octanol–water partition coefficient (Wildman–Crippen LogP) is 1.83. The highest BCUT2D eigenvalue weighted by Gasteiger charge is 2.39. The second-order valence-electron chi connectivity index (χ2n) is 7.75. The first-order valence-electron chi connectivity index (χ1n) is 8.32. The molecule has 1 fully saturated rings. The van der Waals surface area contributed by atoms with Crippen LogP contribution in [0.2, 0.25) is 0 Å². The van der Waals surface area contributed by atoms with Crippen molar-refractivity contribution in [2.24, 2.45) is 5.41 Å². The molecule has 1 atom stereocenters. The average molecular weight is 359 g/mol. The summed E-state index contributed by atoms with van der Waals surface area (Å²) in [4.78, 5) is 24.3. The van der Waals surface area contributed by atoms with E-state index in [0.717, 1.165) is 0 Å². The molecule has 0 aromatic rings. The lowest BCUT2D eigenvalue weighted by molar-refractivity contribution is -0.126. The van der Waals surface area contributed by atoms with Crippen LogP contribution >= 0.6 is 0 Å². The molecule has 1 amide bonds. The van der Waals surface area contributed by atoms with Gasteiger partial charge in [-0.25, -0.2) is 0 Å². The molecule has 0 radical (unpaired) electrons. The first kappa shape index (κ1) is 21.0. The molecule has 1 unspecified atom stereocenters. The molecule has 0 spiro atoms. The number of rotatable bonds is 7. The molecule has 7 heteroatoms. The molecule has 0 bridgehead atoms. The van der Waals surface area contributed by atoms with E-state index in [2.05, 4.69) is 5.32 Å². The molecule has 1 aliphatic rings. The second-order valence-corrected chi connectivity index (χ2v) is 10.0. The Morgan fingerprint density at radius 1 is 1.17 bits per heavy atom. The summed E-state index contributed by atoms with van der Waals surface area (Å²) in [6.45, 7) is 9.93. The lowest BCUT2D eigenvalue weighted by Gasteiger charge is -2.30. The maximum atomic E-state index is 12.7. The Bertz CT molecular complexity index is 517. The zero-order valence-electron chi connectivity index (χ0n) is 15.4. The molecular weight excluding hydrogens is 328 g/mol. The Balaban J connectivity index is 2.54. The number of carbonyl (C=O) groups is 2. The zero-order valence-corrected chi connectivity index (χ0v) is 16.2. The van der Waals surface area contributed by atoms with Gasteiger partial charge in [0.05, 0.1) is 6.54 Å². The average Bonchev–Trinajstić information content (AvgIpc) is 2.51. The predicted molar refractivity (Wildman–Crippen MR) is 95.9 cm³/mol. The number of carbonyl (C=O) groups excluding carboxylic acids is 2. The Morgan fingerprint density at radius 3 is 2.21 bits per heavy atom. The second kappa shape index (κ2) is 8.34. The Morgan fingerprint density at radius 2 is 1.71 bits per heavy atom. The first-order chi connectivity index (χ1) is 11.0. The SMILES string of the molecule is CC(C)(C)C(=N)CC(=O)CNC(=O)C(C)(C)S(=O)C1CCOCC1. The highest BCUT2D eigenvalue weighted by atomic mass is 32.2. The zero-order chi connectivity index (χ0) is 18.5. The van der Waals surface area contributed by atoms with Gasteiger partial charge >= 0.3 is 0 Å². The normalized spacial score (nSPS) is 18.0. The van der Waals surface area contributed by atoms with Gasteiger partial charge in [-0.15, -0.1) is 0 Å². The van der Waals surface area contributed by atoms with Crippen LogP contribution < -0.4 is 5.32 Å². The molecule has 1 aliphatic heterocycles. The van der Waals surface area contributed by atoms with Gasteiger partial charge in [0, 0.05) is 41.4 Å². The van der Waals surface area contributed by atoms with Crippen molar-refractivity contribution in [3.05, 3.63) is 0 Å². The third-order valence-corrected chi connectivity index (χ3v) is 6.51. The van der Waals surface area contributed by atoms with E-state index in [1.54, 1.807) is 13.8 Å². The van der Waals surface area contributed by atoms with Crippen molar-refractivity contribution in [2.45, 2.75) is 63.9 Å². The van der Waals surface area contributed by atoms with Gasteiger partial charge in [0.15, 0.2) is 5.78 Å². The van der Waals surface area contributed by atoms with E-state index in [-0.39, 0.29) is 35.3 Å². The molecule has 6 nitrogen and oxygen atoms in total. The standard InChI is InChI=1S/C17H30N2O4S/c1-16(2,3)14(18)10-12(20)11-19-15(21)17(4,5)24(22)13-6-8-23-9-7-13/h13,18H,6-11H2,1-5H3,(H,19,21). The minimum Gasteiger partial charge on any atom is -0.381 e.